The molecule has 0 saturated carbocycles. The van der Waals surface area contributed by atoms with Gasteiger partial charge in [0.15, 0.2) is 0 Å². The third-order valence-electron chi connectivity index (χ3n) is 3.79. The van der Waals surface area contributed by atoms with E-state index >= 15 is 0 Å². The summed E-state index contributed by atoms with van der Waals surface area (Å²) in [4.78, 5) is 24.1. The van der Waals surface area contributed by atoms with Gasteiger partial charge >= 0.3 is 5.97 Å². The summed E-state index contributed by atoms with van der Waals surface area (Å²) in [5.74, 6) is -0.574. The second-order valence-electron chi connectivity index (χ2n) is 5.93. The summed E-state index contributed by atoms with van der Waals surface area (Å²) < 4.78 is 0. The number of aliphatic carboxylic acids is 1. The lowest BCUT2D eigenvalue weighted by atomic mass is 10.0. The van der Waals surface area contributed by atoms with Crippen molar-refractivity contribution in [2.24, 2.45) is 0 Å². The maximum Gasteiger partial charge on any atom is 0.320 e. The summed E-state index contributed by atoms with van der Waals surface area (Å²) in [7, 11) is 1.63. The number of nitrogens with one attached hydrogen (secondary N) is 1. The average molecular weight is 343 g/mol. The number of amides is 1. The van der Waals surface area contributed by atoms with E-state index in [-0.39, 0.29) is 24.9 Å². The Morgan fingerprint density at radius 2 is 1.74 bits per heavy atom. The molecule has 6 heteroatoms. The van der Waals surface area contributed by atoms with Gasteiger partial charge in [-0.15, -0.1) is 12.4 Å². The van der Waals surface area contributed by atoms with Crippen LogP contribution in [0.1, 0.15) is 37.8 Å². The van der Waals surface area contributed by atoms with Gasteiger partial charge in [0.2, 0.25) is 5.91 Å². The molecule has 2 N–H and O–H groups in total. The third kappa shape index (κ3) is 7.48. The maximum atomic E-state index is 11.8. The number of carbonyl (C=O) groups excluding carboxylic acids is 1. The first-order valence-corrected chi connectivity index (χ1v) is 7.59. The molecule has 0 aromatic heterocycles. The topological polar surface area (TPSA) is 69.6 Å². The Balaban J connectivity index is 0.00000484. The second-order valence-corrected chi connectivity index (χ2v) is 5.93. The van der Waals surface area contributed by atoms with E-state index in [9.17, 15) is 9.59 Å². The highest BCUT2D eigenvalue weighted by molar-refractivity contribution is 5.85. The van der Waals surface area contributed by atoms with Gasteiger partial charge in [-0.3, -0.25) is 14.5 Å². The molecule has 130 valence electrons. The van der Waals surface area contributed by atoms with Gasteiger partial charge in [-0.25, -0.2) is 0 Å². The fraction of sp³-hybridized carbons (Fsp3) is 0.529. The summed E-state index contributed by atoms with van der Waals surface area (Å²) in [5.41, 5.74) is 2.48. The number of likely N-dealkylation sites (N-methyl/N-ethyl adjacent to an activating group) is 1. The molecular formula is C17H27ClN2O3. The van der Waals surface area contributed by atoms with Crippen LogP contribution in [0.15, 0.2) is 24.3 Å². The third-order valence-corrected chi connectivity index (χ3v) is 3.79. The number of carbonyl (C=O) groups is 2. The molecule has 1 aromatic carbocycles. The van der Waals surface area contributed by atoms with Gasteiger partial charge in [-0.2, -0.15) is 0 Å². The number of carboxylic acid groups (broad SMARTS) is 1. The summed E-state index contributed by atoms with van der Waals surface area (Å²) in [6.07, 6.45) is 0.766. The molecule has 1 rings (SSSR count). The van der Waals surface area contributed by atoms with Gasteiger partial charge in [0, 0.05) is 6.54 Å². The number of nitrogens with zero attached hydrogens (tertiary/aromatic N) is 1. The van der Waals surface area contributed by atoms with Crippen LogP contribution in [0.4, 0.5) is 0 Å². The van der Waals surface area contributed by atoms with Crippen molar-refractivity contribution in [3.63, 3.8) is 0 Å². The van der Waals surface area contributed by atoms with E-state index in [2.05, 4.69) is 43.4 Å². The number of hydrogen-bond acceptors (Lipinski definition) is 3. The molecule has 0 bridgehead atoms. The first-order valence-electron chi connectivity index (χ1n) is 7.59. The summed E-state index contributed by atoms with van der Waals surface area (Å²) >= 11 is 0. The van der Waals surface area contributed by atoms with Crippen molar-refractivity contribution in [2.45, 2.75) is 39.2 Å². The van der Waals surface area contributed by atoms with E-state index in [0.717, 1.165) is 6.42 Å². The Morgan fingerprint density at radius 3 is 2.22 bits per heavy atom. The molecule has 0 radical (unpaired) electrons. The van der Waals surface area contributed by atoms with Gasteiger partial charge in [0.1, 0.15) is 6.04 Å². The van der Waals surface area contributed by atoms with Crippen LogP contribution in [0.2, 0.25) is 0 Å². The van der Waals surface area contributed by atoms with E-state index in [1.54, 1.807) is 14.0 Å². The Kier molecular flexibility index (Phi) is 9.53. The highest BCUT2D eigenvalue weighted by Crippen LogP contribution is 2.14. The van der Waals surface area contributed by atoms with Crippen molar-refractivity contribution < 1.29 is 14.7 Å². The summed E-state index contributed by atoms with van der Waals surface area (Å²) in [6, 6.07) is 7.73. The van der Waals surface area contributed by atoms with E-state index in [1.165, 1.54) is 16.0 Å². The van der Waals surface area contributed by atoms with Gasteiger partial charge in [0.25, 0.3) is 0 Å². The molecule has 0 aliphatic heterocycles. The monoisotopic (exact) mass is 342 g/mol. The lowest BCUT2D eigenvalue weighted by molar-refractivity contribution is -0.142. The van der Waals surface area contributed by atoms with Crippen LogP contribution >= 0.6 is 12.4 Å². The molecule has 0 aliphatic rings. The highest BCUT2D eigenvalue weighted by Gasteiger charge is 2.18. The molecule has 0 aliphatic carbocycles. The predicted octanol–water partition coefficient (Wildman–Crippen LogP) is 2.30. The largest absolute Gasteiger partial charge is 0.480 e. The Labute approximate surface area is 144 Å². The molecule has 5 nitrogen and oxygen atoms in total. The lowest BCUT2D eigenvalue weighted by Crippen LogP contribution is -2.43. The average Bonchev–Trinajstić information content (AvgIpc) is 2.46. The van der Waals surface area contributed by atoms with E-state index < -0.39 is 12.0 Å². The van der Waals surface area contributed by atoms with Crippen molar-refractivity contribution in [1.29, 1.82) is 0 Å². The zero-order chi connectivity index (χ0) is 16.7. The normalized spacial score (nSPS) is 11.9. The van der Waals surface area contributed by atoms with Gasteiger partial charge in [-0.05, 0) is 37.4 Å². The SMILES string of the molecule is CC(C)c1ccc(CCNC(=O)CN(C)C(C)C(=O)O)cc1.Cl. The van der Waals surface area contributed by atoms with Crippen molar-refractivity contribution in [2.75, 3.05) is 20.1 Å². The highest BCUT2D eigenvalue weighted by atomic mass is 35.5. The van der Waals surface area contributed by atoms with Crippen LogP contribution < -0.4 is 5.32 Å². The second kappa shape index (κ2) is 10.2. The number of rotatable bonds is 8. The summed E-state index contributed by atoms with van der Waals surface area (Å²) in [5, 5.41) is 11.7. The first-order chi connectivity index (χ1) is 10.3. The van der Waals surface area contributed by atoms with Crippen molar-refractivity contribution in [3.8, 4) is 0 Å². The van der Waals surface area contributed by atoms with E-state index in [4.69, 9.17) is 5.11 Å². The molecule has 0 saturated heterocycles. The minimum absolute atomic E-state index is 0. The number of hydrogen-bond donors (Lipinski definition) is 2. The van der Waals surface area contributed by atoms with Gasteiger partial charge < -0.3 is 10.4 Å². The lowest BCUT2D eigenvalue weighted by Gasteiger charge is -2.20. The molecular weight excluding hydrogens is 316 g/mol. The number of carboxylic acids is 1. The molecule has 23 heavy (non-hydrogen) atoms. The molecule has 1 unspecified atom stereocenters. The Hall–Kier alpha value is -1.59. The van der Waals surface area contributed by atoms with Crippen LogP contribution in [0, 0.1) is 0 Å². The molecule has 1 atom stereocenters. The number of benzene rings is 1. The van der Waals surface area contributed by atoms with E-state index in [0.29, 0.717) is 12.5 Å². The van der Waals surface area contributed by atoms with Crippen LogP contribution in [-0.2, 0) is 16.0 Å². The maximum absolute atomic E-state index is 11.8. The molecule has 1 aromatic rings. The molecule has 0 fully saturated rings. The number of halogens is 1. The first kappa shape index (κ1) is 21.4. The van der Waals surface area contributed by atoms with E-state index in [1.807, 2.05) is 0 Å². The van der Waals surface area contributed by atoms with Crippen molar-refractivity contribution in [3.05, 3.63) is 35.4 Å². The molecule has 0 heterocycles. The van der Waals surface area contributed by atoms with Crippen LogP contribution in [0.25, 0.3) is 0 Å². The molecule has 0 spiro atoms. The van der Waals surface area contributed by atoms with Crippen LogP contribution in [0.5, 0.6) is 0 Å². The minimum atomic E-state index is -0.930. The van der Waals surface area contributed by atoms with Gasteiger partial charge in [0.05, 0.1) is 6.54 Å². The van der Waals surface area contributed by atoms with Crippen LogP contribution in [-0.4, -0.2) is 48.1 Å². The standard InChI is InChI=1S/C17H26N2O3.ClH/c1-12(2)15-7-5-14(6-8-15)9-10-18-16(20)11-19(4)13(3)17(21)22;/h5-8,12-13H,9-11H2,1-4H3,(H,18,20)(H,21,22);1H. The van der Waals surface area contributed by atoms with Gasteiger partial charge in [-0.1, -0.05) is 38.1 Å². The fourth-order valence-electron chi connectivity index (χ4n) is 2.02. The Morgan fingerprint density at radius 1 is 1.17 bits per heavy atom. The smallest absolute Gasteiger partial charge is 0.320 e. The zero-order valence-corrected chi connectivity index (χ0v) is 15.0. The Bertz CT molecular complexity index is 503. The zero-order valence-electron chi connectivity index (χ0n) is 14.2. The fourth-order valence-corrected chi connectivity index (χ4v) is 2.02. The summed E-state index contributed by atoms with van der Waals surface area (Å²) in [6.45, 7) is 6.51. The van der Waals surface area contributed by atoms with Crippen molar-refractivity contribution in [1.82, 2.24) is 10.2 Å². The van der Waals surface area contributed by atoms with Crippen molar-refractivity contribution >= 4 is 24.3 Å². The molecule has 1 amide bonds. The quantitative estimate of drug-likeness (QED) is 0.760. The predicted molar refractivity (Wildman–Crippen MR) is 94.2 cm³/mol. The van der Waals surface area contributed by atoms with Crippen LogP contribution in [0.3, 0.4) is 0 Å². The minimum Gasteiger partial charge on any atom is -0.480 e.